The van der Waals surface area contributed by atoms with Gasteiger partial charge in [0.15, 0.2) is 17.3 Å². The Morgan fingerprint density at radius 1 is 0.866 bits per heavy atom. The number of hydrogen-bond acceptors (Lipinski definition) is 12. The number of likely N-dealkylation sites (N-methyl/N-ethyl adjacent to an activating group) is 1. The summed E-state index contributed by atoms with van der Waals surface area (Å²) in [5.41, 5.74) is 30.8. The van der Waals surface area contributed by atoms with E-state index in [9.17, 15) is 29.2 Å². The quantitative estimate of drug-likeness (QED) is 0.0583. The highest BCUT2D eigenvalue weighted by molar-refractivity contribution is 7.59. The van der Waals surface area contributed by atoms with Crippen molar-refractivity contribution in [2.45, 2.75) is 90.6 Å². The first kappa shape index (κ1) is 53.6. The first-order valence-electron chi connectivity index (χ1n) is 22.6. The summed E-state index contributed by atoms with van der Waals surface area (Å²) in [7, 11) is 1.50. The van der Waals surface area contributed by atoms with Crippen molar-refractivity contribution in [2.75, 3.05) is 45.6 Å². The Kier molecular flexibility index (Phi) is 19.3. The maximum atomic E-state index is 14.8. The zero-order chi connectivity index (χ0) is 48.3. The molecule has 0 saturated heterocycles. The van der Waals surface area contributed by atoms with E-state index in [2.05, 4.69) is 38.2 Å². The number of nitriles is 1. The number of rotatable bonds is 17. The van der Waals surface area contributed by atoms with Crippen molar-refractivity contribution in [1.82, 2.24) is 10.2 Å². The lowest BCUT2D eigenvalue weighted by Crippen LogP contribution is -2.46. The van der Waals surface area contributed by atoms with Crippen molar-refractivity contribution >= 4 is 48.3 Å². The van der Waals surface area contributed by atoms with Gasteiger partial charge in [0.25, 0.3) is 0 Å². The molecule has 4 aromatic carbocycles. The van der Waals surface area contributed by atoms with Gasteiger partial charge < -0.3 is 42.6 Å². The summed E-state index contributed by atoms with van der Waals surface area (Å²) in [4.78, 5) is 72.4. The number of nitrogens with two attached hydrogens (primary N) is 4. The van der Waals surface area contributed by atoms with Crippen LogP contribution in [0.15, 0.2) is 72.8 Å². The number of carbonyl (C=O) groups excluding carboxylic acids is 5. The number of nitrogens with one attached hydrogen (secondary N) is 1. The molecule has 1 heterocycles. The summed E-state index contributed by atoms with van der Waals surface area (Å²) in [6.45, 7) is 10.7. The molecule has 67 heavy (non-hydrogen) atoms. The van der Waals surface area contributed by atoms with Gasteiger partial charge in [0.2, 0.25) is 11.8 Å². The molecule has 0 aromatic heterocycles. The molecule has 5 rings (SSSR count). The number of aryl methyl sites for hydroxylation is 1. The molecule has 15 heteroatoms. The number of nitrogens with zero attached hydrogens (tertiary/aromatic N) is 2. The SMILES string of the molecule is Cc1cc(-c2ccc(C(C)(C)C)cc2)cc(N)c1C(=O)C[C@@H](CCN)C(=O)N(C)[C@@H]1C(=O)C[C@@H](C)C(=O)N[C@H](C(=O)CCC#N)Cc2ccc(OCCN)c(c2)-c2cc1ccc2OCCN.S. The molecule has 0 aliphatic carbocycles. The second-order valence-corrected chi connectivity index (χ2v) is 18.2. The molecule has 0 fully saturated rings. The Hall–Kier alpha value is -6.05. The van der Waals surface area contributed by atoms with Gasteiger partial charge in [0, 0.05) is 80.0 Å². The zero-order valence-electron chi connectivity index (χ0n) is 39.6. The fourth-order valence-corrected chi connectivity index (χ4v) is 8.49. The molecule has 4 atom stereocenters. The Bertz CT molecular complexity index is 2440. The molecular formula is C52H67N7O7S. The number of carbonyl (C=O) groups is 5. The van der Waals surface area contributed by atoms with Gasteiger partial charge in [0.05, 0.1) is 12.1 Å². The summed E-state index contributed by atoms with van der Waals surface area (Å²) < 4.78 is 12.3. The van der Waals surface area contributed by atoms with Gasteiger partial charge >= 0.3 is 0 Å². The minimum atomic E-state index is -1.24. The summed E-state index contributed by atoms with van der Waals surface area (Å²) in [6, 6.07) is 22.2. The van der Waals surface area contributed by atoms with Gasteiger partial charge in [-0.15, -0.1) is 0 Å². The summed E-state index contributed by atoms with van der Waals surface area (Å²) in [6.07, 6.45) is -0.400. The van der Waals surface area contributed by atoms with E-state index in [0.717, 1.165) is 11.1 Å². The molecule has 1 aliphatic heterocycles. The lowest BCUT2D eigenvalue weighted by Gasteiger charge is -2.32. The minimum Gasteiger partial charge on any atom is -0.492 e. The van der Waals surface area contributed by atoms with Crippen LogP contribution >= 0.6 is 13.5 Å². The standard InChI is InChI=1S/C52H65N7O7.H2S/c1-31-24-37(34-10-13-38(14-11-34)52(3,4)5)29-41(57)48(31)44(61)30-36(17-19-54)51(64)59(6)49-35-12-16-47(66-23-21-56)40(28-35)39-26-33(9-15-46(39)65-22-20-55)27-42(43(60)8-7-18-53)58-50(63)32(2)25-45(49)62;/h9-16,24,26,28-29,32,36,42,49H,7-8,17,19-23,25,27,30,54-57H2,1-6H3,(H,58,63);1H2/t32-,36-,42+,49+;/m1./s1. The first-order chi connectivity index (χ1) is 31.4. The Balaban J connectivity index is 0.00000980. The molecule has 2 amide bonds. The second-order valence-electron chi connectivity index (χ2n) is 18.2. The molecule has 1 aliphatic rings. The van der Waals surface area contributed by atoms with E-state index in [1.54, 1.807) is 43.3 Å². The molecule has 0 saturated carbocycles. The molecule has 0 unspecified atom stereocenters. The predicted octanol–water partition coefficient (Wildman–Crippen LogP) is 6.24. The smallest absolute Gasteiger partial charge is 0.226 e. The average Bonchev–Trinajstić information content (AvgIpc) is 3.28. The highest BCUT2D eigenvalue weighted by Crippen LogP contribution is 2.41. The fraction of sp³-hybridized carbons (Fsp3) is 0.423. The molecule has 0 spiro atoms. The highest BCUT2D eigenvalue weighted by atomic mass is 32.1. The number of Topliss-reactive ketones (excluding diaryl/α,β-unsaturated/α-hetero) is 3. The molecule has 4 aromatic rings. The number of ether oxygens (including phenoxy) is 2. The van der Waals surface area contributed by atoms with E-state index in [-0.39, 0.29) is 108 Å². The number of amides is 2. The van der Waals surface area contributed by atoms with Crippen molar-refractivity contribution in [2.24, 2.45) is 29.0 Å². The van der Waals surface area contributed by atoms with Crippen LogP contribution in [0.4, 0.5) is 5.69 Å². The number of anilines is 1. The van der Waals surface area contributed by atoms with Crippen LogP contribution in [0.5, 0.6) is 11.5 Å². The van der Waals surface area contributed by atoms with Gasteiger partial charge in [-0.2, -0.15) is 18.8 Å². The van der Waals surface area contributed by atoms with Crippen LogP contribution < -0.4 is 37.7 Å². The van der Waals surface area contributed by atoms with Crippen molar-refractivity contribution in [3.63, 3.8) is 0 Å². The van der Waals surface area contributed by atoms with E-state index in [0.29, 0.717) is 44.9 Å². The van der Waals surface area contributed by atoms with Crippen molar-refractivity contribution < 1.29 is 33.4 Å². The van der Waals surface area contributed by atoms with E-state index in [4.69, 9.17) is 32.4 Å². The predicted molar refractivity (Wildman–Crippen MR) is 267 cm³/mol. The molecule has 358 valence electrons. The van der Waals surface area contributed by atoms with Gasteiger partial charge in [-0.05, 0) is 95.4 Å². The fourth-order valence-electron chi connectivity index (χ4n) is 8.49. The van der Waals surface area contributed by atoms with E-state index >= 15 is 0 Å². The lowest BCUT2D eigenvalue weighted by molar-refractivity contribution is -0.142. The first-order valence-corrected chi connectivity index (χ1v) is 22.6. The van der Waals surface area contributed by atoms with Crippen LogP contribution in [0.3, 0.4) is 0 Å². The third-order valence-corrected chi connectivity index (χ3v) is 12.1. The maximum absolute atomic E-state index is 14.8. The van der Waals surface area contributed by atoms with Crippen molar-refractivity contribution in [3.8, 4) is 39.8 Å². The van der Waals surface area contributed by atoms with Crippen molar-refractivity contribution in [3.05, 3.63) is 101 Å². The summed E-state index contributed by atoms with van der Waals surface area (Å²) in [5, 5.41) is 12.1. The number of benzene rings is 4. The van der Waals surface area contributed by atoms with Crippen LogP contribution in [0, 0.1) is 30.1 Å². The molecule has 0 radical (unpaired) electrons. The average molecular weight is 934 g/mol. The molecule has 4 bridgehead atoms. The monoisotopic (exact) mass is 933 g/mol. The minimum absolute atomic E-state index is 0. The third-order valence-electron chi connectivity index (χ3n) is 12.1. The van der Waals surface area contributed by atoms with E-state index < -0.39 is 41.5 Å². The second kappa shape index (κ2) is 24.1. The van der Waals surface area contributed by atoms with E-state index in [1.807, 2.05) is 37.3 Å². The number of ketones is 3. The summed E-state index contributed by atoms with van der Waals surface area (Å²) >= 11 is 0. The largest absolute Gasteiger partial charge is 0.492 e. The third kappa shape index (κ3) is 13.3. The molecule has 14 nitrogen and oxygen atoms in total. The molecular weight excluding hydrogens is 867 g/mol. The van der Waals surface area contributed by atoms with Gasteiger partial charge in [-0.1, -0.05) is 70.2 Å². The van der Waals surface area contributed by atoms with Gasteiger partial charge in [0.1, 0.15) is 30.8 Å². The van der Waals surface area contributed by atoms with E-state index in [1.165, 1.54) is 17.5 Å². The Labute approximate surface area is 401 Å². The molecule has 9 N–H and O–H groups in total. The van der Waals surface area contributed by atoms with Crippen molar-refractivity contribution in [1.29, 1.82) is 5.26 Å². The highest BCUT2D eigenvalue weighted by Gasteiger charge is 2.36. The van der Waals surface area contributed by atoms with Crippen LogP contribution in [0.1, 0.15) is 98.5 Å². The Morgan fingerprint density at radius 3 is 2.07 bits per heavy atom. The van der Waals surface area contributed by atoms with Crippen LogP contribution in [-0.4, -0.2) is 80.0 Å². The Morgan fingerprint density at radius 2 is 1.49 bits per heavy atom. The van der Waals surface area contributed by atoms with Crippen LogP contribution in [0.2, 0.25) is 0 Å². The maximum Gasteiger partial charge on any atom is 0.226 e. The normalized spacial score (nSPS) is 16.6. The van der Waals surface area contributed by atoms with Crippen LogP contribution in [0.25, 0.3) is 22.3 Å². The number of hydrogen-bond donors (Lipinski definition) is 5. The topological polar surface area (TPSA) is 247 Å². The van der Waals surface area contributed by atoms with Crippen LogP contribution in [-0.2, 0) is 31.0 Å². The van der Waals surface area contributed by atoms with Gasteiger partial charge in [-0.3, -0.25) is 24.0 Å². The zero-order valence-corrected chi connectivity index (χ0v) is 40.6. The summed E-state index contributed by atoms with van der Waals surface area (Å²) in [5.74, 6) is -3.17. The lowest BCUT2D eigenvalue weighted by atomic mass is 9.85. The van der Waals surface area contributed by atoms with Gasteiger partial charge in [-0.25, -0.2) is 0 Å². The number of nitrogen functional groups attached to an aromatic ring is 1. The number of fused-ring (bicyclic) bond motifs is 5.